The number of carbonyl (C=O) groups is 1. The van der Waals surface area contributed by atoms with E-state index in [0.29, 0.717) is 35.1 Å². The van der Waals surface area contributed by atoms with Gasteiger partial charge in [0.2, 0.25) is 0 Å². The van der Waals surface area contributed by atoms with Crippen LogP contribution in [0.15, 0.2) is 48.7 Å². The molecule has 0 aliphatic heterocycles. The Morgan fingerprint density at radius 2 is 1.93 bits per heavy atom. The predicted molar refractivity (Wildman–Crippen MR) is 110 cm³/mol. The van der Waals surface area contributed by atoms with E-state index in [0.717, 1.165) is 22.8 Å². The summed E-state index contributed by atoms with van der Waals surface area (Å²) in [6.45, 7) is 1.11. The molecular weight excluding hydrogens is 360 g/mol. The second-order valence-electron chi connectivity index (χ2n) is 5.98. The second-order valence-corrected chi connectivity index (χ2v) is 6.41. The number of nitrogens with zero attached hydrogens (tertiary/aromatic N) is 1. The van der Waals surface area contributed by atoms with Crippen molar-refractivity contribution in [1.29, 1.82) is 0 Å². The molecule has 0 radical (unpaired) electrons. The average molecular weight is 379 g/mol. The van der Waals surface area contributed by atoms with Crippen LogP contribution in [0.3, 0.4) is 0 Å². The van der Waals surface area contributed by atoms with E-state index in [-0.39, 0.29) is 5.91 Å². The number of pyridine rings is 1. The van der Waals surface area contributed by atoms with Crippen LogP contribution in [0.25, 0.3) is 10.8 Å². The smallest absolute Gasteiger partial charge is 0.251 e. The van der Waals surface area contributed by atoms with E-state index in [1.165, 1.54) is 0 Å². The van der Waals surface area contributed by atoms with Crippen molar-refractivity contribution < 1.29 is 4.79 Å². The lowest BCUT2D eigenvalue weighted by molar-refractivity contribution is 0.0953. The van der Waals surface area contributed by atoms with Gasteiger partial charge in [0.1, 0.15) is 5.82 Å². The van der Waals surface area contributed by atoms with Crippen molar-refractivity contribution >= 4 is 34.1 Å². The Balaban J connectivity index is 1.84. The second kappa shape index (κ2) is 8.54. The summed E-state index contributed by atoms with van der Waals surface area (Å²) in [5.41, 5.74) is 13.4. The number of amides is 1. The van der Waals surface area contributed by atoms with E-state index >= 15 is 0 Å². The maximum atomic E-state index is 12.0. The number of rotatable bonds is 4. The van der Waals surface area contributed by atoms with E-state index in [9.17, 15) is 4.79 Å². The third-order valence-corrected chi connectivity index (χ3v) is 4.26. The molecule has 1 heterocycles. The van der Waals surface area contributed by atoms with Gasteiger partial charge in [0, 0.05) is 39.7 Å². The van der Waals surface area contributed by atoms with Crippen LogP contribution in [0, 0.1) is 11.8 Å². The van der Waals surface area contributed by atoms with Crippen molar-refractivity contribution in [1.82, 2.24) is 10.3 Å². The van der Waals surface area contributed by atoms with Gasteiger partial charge in [-0.1, -0.05) is 29.5 Å². The minimum absolute atomic E-state index is 0.125. The fourth-order valence-corrected chi connectivity index (χ4v) is 2.75. The van der Waals surface area contributed by atoms with Gasteiger partial charge in [0.25, 0.3) is 5.91 Å². The minimum Gasteiger partial charge on any atom is -0.383 e. The molecule has 3 aromatic rings. The first-order chi connectivity index (χ1) is 13.1. The number of hydrogen-bond donors (Lipinski definition) is 3. The molecule has 0 unspecified atom stereocenters. The SMILES string of the molecule is NCCCNC(=O)c1ccc(C#Cc2c(N)ncc3ccc(Cl)cc23)cc1. The highest BCUT2D eigenvalue weighted by Gasteiger charge is 2.06. The molecule has 136 valence electrons. The molecule has 0 atom stereocenters. The van der Waals surface area contributed by atoms with Crippen LogP contribution in [0.5, 0.6) is 0 Å². The summed E-state index contributed by atoms with van der Waals surface area (Å²) in [5, 5.41) is 5.21. The first kappa shape index (κ1) is 18.7. The zero-order chi connectivity index (χ0) is 19.2. The van der Waals surface area contributed by atoms with Crippen LogP contribution in [-0.4, -0.2) is 24.0 Å². The van der Waals surface area contributed by atoms with Gasteiger partial charge in [-0.3, -0.25) is 4.79 Å². The summed E-state index contributed by atoms with van der Waals surface area (Å²) in [4.78, 5) is 16.2. The highest BCUT2D eigenvalue weighted by atomic mass is 35.5. The van der Waals surface area contributed by atoms with Crippen molar-refractivity contribution in [3.63, 3.8) is 0 Å². The van der Waals surface area contributed by atoms with Crippen LogP contribution in [-0.2, 0) is 0 Å². The fraction of sp³-hybridized carbons (Fsp3) is 0.143. The zero-order valence-corrected chi connectivity index (χ0v) is 15.4. The van der Waals surface area contributed by atoms with Crippen molar-refractivity contribution in [2.45, 2.75) is 6.42 Å². The van der Waals surface area contributed by atoms with Crippen molar-refractivity contribution in [3.05, 3.63) is 70.4 Å². The molecule has 5 N–H and O–H groups in total. The van der Waals surface area contributed by atoms with Crippen LogP contribution < -0.4 is 16.8 Å². The van der Waals surface area contributed by atoms with Crippen LogP contribution >= 0.6 is 11.6 Å². The highest BCUT2D eigenvalue weighted by molar-refractivity contribution is 6.31. The maximum absolute atomic E-state index is 12.0. The molecule has 0 fully saturated rings. The van der Waals surface area contributed by atoms with Gasteiger partial charge in [0.15, 0.2) is 0 Å². The molecule has 6 heteroatoms. The molecule has 27 heavy (non-hydrogen) atoms. The lowest BCUT2D eigenvalue weighted by Crippen LogP contribution is -2.25. The number of nitrogens with one attached hydrogen (secondary N) is 1. The normalized spacial score (nSPS) is 10.3. The molecule has 0 spiro atoms. The average Bonchev–Trinajstić information content (AvgIpc) is 2.67. The van der Waals surface area contributed by atoms with Crippen LogP contribution in [0.4, 0.5) is 5.82 Å². The number of anilines is 1. The molecule has 0 aliphatic carbocycles. The monoisotopic (exact) mass is 378 g/mol. The molecule has 0 saturated carbocycles. The Kier molecular flexibility index (Phi) is 5.92. The lowest BCUT2D eigenvalue weighted by Gasteiger charge is -2.05. The van der Waals surface area contributed by atoms with Crippen molar-refractivity contribution in [2.24, 2.45) is 5.73 Å². The summed E-state index contributed by atoms with van der Waals surface area (Å²) in [5.74, 6) is 6.38. The molecule has 0 saturated heterocycles. The summed E-state index contributed by atoms with van der Waals surface area (Å²) in [7, 11) is 0. The lowest BCUT2D eigenvalue weighted by atomic mass is 10.1. The number of hydrogen-bond acceptors (Lipinski definition) is 4. The highest BCUT2D eigenvalue weighted by Crippen LogP contribution is 2.24. The number of nitrogens with two attached hydrogens (primary N) is 2. The van der Waals surface area contributed by atoms with Gasteiger partial charge in [-0.25, -0.2) is 4.98 Å². The Morgan fingerprint density at radius 3 is 2.67 bits per heavy atom. The van der Waals surface area contributed by atoms with Gasteiger partial charge in [-0.15, -0.1) is 0 Å². The topological polar surface area (TPSA) is 94.0 Å². The molecule has 2 aromatic carbocycles. The van der Waals surface area contributed by atoms with E-state index in [1.54, 1.807) is 36.5 Å². The third kappa shape index (κ3) is 4.56. The number of nitrogen functional groups attached to an aromatic ring is 1. The van der Waals surface area contributed by atoms with E-state index < -0.39 is 0 Å². The molecule has 0 aliphatic rings. The fourth-order valence-electron chi connectivity index (χ4n) is 2.58. The Bertz CT molecular complexity index is 1030. The zero-order valence-electron chi connectivity index (χ0n) is 14.6. The number of benzene rings is 2. The summed E-state index contributed by atoms with van der Waals surface area (Å²) in [6.07, 6.45) is 2.45. The maximum Gasteiger partial charge on any atom is 0.251 e. The van der Waals surface area contributed by atoms with Gasteiger partial charge < -0.3 is 16.8 Å². The molecule has 0 bridgehead atoms. The van der Waals surface area contributed by atoms with Gasteiger partial charge in [-0.2, -0.15) is 0 Å². The quantitative estimate of drug-likeness (QED) is 0.480. The number of carbonyl (C=O) groups excluding carboxylic acids is 1. The first-order valence-electron chi connectivity index (χ1n) is 8.52. The standard InChI is InChI=1S/C21H19ClN4O/c22-17-8-7-16-13-26-20(24)18(19(16)12-17)9-4-14-2-5-15(6-3-14)21(27)25-11-1-10-23/h2-3,5-8,12-13H,1,10-11,23H2,(H2,24,26)(H,25,27). The first-order valence-corrected chi connectivity index (χ1v) is 8.90. The predicted octanol–water partition coefficient (Wildman–Crippen LogP) is 2.95. The molecule has 1 aromatic heterocycles. The summed E-state index contributed by atoms with van der Waals surface area (Å²) >= 11 is 6.10. The van der Waals surface area contributed by atoms with E-state index in [2.05, 4.69) is 22.1 Å². The van der Waals surface area contributed by atoms with Gasteiger partial charge >= 0.3 is 0 Å². The number of halogens is 1. The van der Waals surface area contributed by atoms with Crippen molar-refractivity contribution in [3.8, 4) is 11.8 Å². The van der Waals surface area contributed by atoms with Crippen molar-refractivity contribution in [2.75, 3.05) is 18.8 Å². The Morgan fingerprint density at radius 1 is 1.15 bits per heavy atom. The van der Waals surface area contributed by atoms with E-state index in [4.69, 9.17) is 23.1 Å². The summed E-state index contributed by atoms with van der Waals surface area (Å²) < 4.78 is 0. The van der Waals surface area contributed by atoms with E-state index in [1.807, 2.05) is 12.1 Å². The Labute approximate surface area is 162 Å². The van der Waals surface area contributed by atoms with Gasteiger partial charge in [-0.05, 0) is 49.4 Å². The number of aromatic nitrogens is 1. The number of fused-ring (bicyclic) bond motifs is 1. The summed E-state index contributed by atoms with van der Waals surface area (Å²) in [6, 6.07) is 12.6. The molecular formula is C21H19ClN4O. The molecule has 5 nitrogen and oxygen atoms in total. The molecule has 1 amide bonds. The third-order valence-electron chi connectivity index (χ3n) is 4.03. The Hall–Kier alpha value is -3.07. The van der Waals surface area contributed by atoms with Crippen LogP contribution in [0.1, 0.15) is 27.9 Å². The largest absolute Gasteiger partial charge is 0.383 e. The molecule has 3 rings (SSSR count). The van der Waals surface area contributed by atoms with Crippen LogP contribution in [0.2, 0.25) is 5.02 Å². The van der Waals surface area contributed by atoms with Gasteiger partial charge in [0.05, 0.1) is 5.56 Å². The minimum atomic E-state index is -0.125.